The molecule has 7 heavy (non-hydrogen) atoms. The van der Waals surface area contributed by atoms with E-state index < -0.39 is 0 Å². The minimum atomic E-state index is 0.332. The Morgan fingerprint density at radius 2 is 2.14 bits per heavy atom. The average molecular weight is 200 g/mol. The van der Waals surface area contributed by atoms with Gasteiger partial charge in [-0.1, -0.05) is 0 Å². The van der Waals surface area contributed by atoms with Crippen molar-refractivity contribution in [1.29, 1.82) is 0 Å². The normalized spacial score (nSPS) is 9.43. The van der Waals surface area contributed by atoms with Crippen molar-refractivity contribution in [3.05, 3.63) is 19.9 Å². The quantitative estimate of drug-likeness (QED) is 0.562. The third-order valence-electron chi connectivity index (χ3n) is 0.535. The Morgan fingerprint density at radius 1 is 1.43 bits per heavy atom. The van der Waals surface area contributed by atoms with E-state index in [0.717, 1.165) is 8.92 Å². The molecule has 0 atom stereocenters. The fourth-order valence-electron chi connectivity index (χ4n) is 0.289. The molecule has 0 saturated carbocycles. The summed E-state index contributed by atoms with van der Waals surface area (Å²) in [5, 5.41) is 0.782. The van der Waals surface area contributed by atoms with Crippen LogP contribution >= 0.6 is 23.2 Å². The Morgan fingerprint density at radius 3 is 2.29 bits per heavy atom. The van der Waals surface area contributed by atoms with Crippen LogP contribution in [0.25, 0.3) is 0 Å². The van der Waals surface area contributed by atoms with Gasteiger partial charge in [0.15, 0.2) is 0 Å². The van der Waals surface area contributed by atoms with Gasteiger partial charge in [0.1, 0.15) is 0 Å². The molecule has 1 heterocycles. The molecule has 1 rings (SSSR count). The minimum absolute atomic E-state index is 0.332. The summed E-state index contributed by atoms with van der Waals surface area (Å²) in [5.74, 6) is 0. The van der Waals surface area contributed by atoms with E-state index in [2.05, 4.69) is 0 Å². The number of hydrogen-bond acceptors (Lipinski definition) is 0. The van der Waals surface area contributed by atoms with Crippen molar-refractivity contribution in [3.8, 4) is 0 Å². The van der Waals surface area contributed by atoms with E-state index in [1.54, 1.807) is 6.07 Å². The SMILES string of the molecule is Clc1c[se]c(Cl)c1. The van der Waals surface area contributed by atoms with Gasteiger partial charge in [-0.05, 0) is 0 Å². The van der Waals surface area contributed by atoms with Crippen molar-refractivity contribution in [1.82, 2.24) is 0 Å². The molecular weight excluding hydrogens is 198 g/mol. The van der Waals surface area contributed by atoms with Gasteiger partial charge in [-0.25, -0.2) is 0 Å². The second-order valence-electron chi connectivity index (χ2n) is 1.07. The van der Waals surface area contributed by atoms with Gasteiger partial charge in [0.05, 0.1) is 0 Å². The Kier molecular flexibility index (Phi) is 1.82. The van der Waals surface area contributed by atoms with Crippen LogP contribution in [0.15, 0.2) is 11.0 Å². The van der Waals surface area contributed by atoms with Crippen LogP contribution in [0.5, 0.6) is 0 Å². The Balaban J connectivity index is 3.04. The van der Waals surface area contributed by atoms with Crippen LogP contribution in [-0.4, -0.2) is 14.5 Å². The summed E-state index contributed by atoms with van der Waals surface area (Å²) >= 11 is 11.4. The summed E-state index contributed by atoms with van der Waals surface area (Å²) in [6.07, 6.45) is 0. The molecule has 0 aliphatic heterocycles. The van der Waals surface area contributed by atoms with E-state index in [1.807, 2.05) is 4.94 Å². The van der Waals surface area contributed by atoms with Gasteiger partial charge in [-0.2, -0.15) is 0 Å². The van der Waals surface area contributed by atoms with Gasteiger partial charge in [0, 0.05) is 0 Å². The maximum atomic E-state index is 5.56. The molecule has 38 valence electrons. The number of rotatable bonds is 0. The van der Waals surface area contributed by atoms with Crippen LogP contribution in [0.2, 0.25) is 8.92 Å². The third kappa shape index (κ3) is 1.50. The summed E-state index contributed by atoms with van der Waals surface area (Å²) in [6, 6.07) is 1.78. The van der Waals surface area contributed by atoms with Crippen molar-refractivity contribution in [2.75, 3.05) is 0 Å². The fourth-order valence-corrected chi connectivity index (χ4v) is 2.21. The molecule has 0 radical (unpaired) electrons. The zero-order valence-corrected chi connectivity index (χ0v) is 6.54. The third-order valence-corrected chi connectivity index (χ3v) is 3.12. The second-order valence-corrected chi connectivity index (χ2v) is 4.33. The first-order chi connectivity index (χ1) is 3.29. The van der Waals surface area contributed by atoms with E-state index in [0.29, 0.717) is 14.5 Å². The van der Waals surface area contributed by atoms with Crippen LogP contribution in [-0.2, 0) is 0 Å². The predicted octanol–water partition coefficient (Wildman–Crippen LogP) is 2.05. The molecule has 0 aliphatic carbocycles. The van der Waals surface area contributed by atoms with E-state index in [4.69, 9.17) is 23.2 Å². The van der Waals surface area contributed by atoms with E-state index in [-0.39, 0.29) is 0 Å². The van der Waals surface area contributed by atoms with Crippen molar-refractivity contribution in [2.45, 2.75) is 0 Å². The average Bonchev–Trinajstić information content (AvgIpc) is 1.87. The zero-order chi connectivity index (χ0) is 5.28. The van der Waals surface area contributed by atoms with Crippen molar-refractivity contribution in [2.24, 2.45) is 0 Å². The van der Waals surface area contributed by atoms with Gasteiger partial charge in [-0.15, -0.1) is 0 Å². The molecule has 0 amide bonds. The first-order valence-electron chi connectivity index (χ1n) is 1.68. The summed E-state index contributed by atoms with van der Waals surface area (Å²) in [4.78, 5) is 1.94. The van der Waals surface area contributed by atoms with Gasteiger partial charge < -0.3 is 0 Å². The molecule has 0 fully saturated rings. The second kappa shape index (κ2) is 2.23. The van der Waals surface area contributed by atoms with E-state index in [9.17, 15) is 0 Å². The molecule has 0 N–H and O–H groups in total. The fraction of sp³-hybridized carbons (Fsp3) is 0. The summed E-state index contributed by atoms with van der Waals surface area (Å²) in [6.45, 7) is 0. The van der Waals surface area contributed by atoms with Gasteiger partial charge in [0.2, 0.25) is 0 Å². The van der Waals surface area contributed by atoms with Crippen LogP contribution in [0.4, 0.5) is 0 Å². The molecular formula is C4H2Cl2Se. The Labute approximate surface area is 57.8 Å². The number of hydrogen-bond donors (Lipinski definition) is 0. The van der Waals surface area contributed by atoms with Crippen LogP contribution in [0.3, 0.4) is 0 Å². The molecule has 0 aromatic carbocycles. The molecule has 0 aliphatic rings. The van der Waals surface area contributed by atoms with Crippen LogP contribution in [0.1, 0.15) is 0 Å². The molecule has 0 spiro atoms. The molecule has 1 aromatic rings. The molecule has 0 unspecified atom stereocenters. The summed E-state index contributed by atoms with van der Waals surface area (Å²) in [5.41, 5.74) is 0. The molecule has 0 nitrogen and oxygen atoms in total. The van der Waals surface area contributed by atoms with Crippen molar-refractivity contribution in [3.63, 3.8) is 0 Å². The van der Waals surface area contributed by atoms with Gasteiger partial charge in [0.25, 0.3) is 0 Å². The first-order valence-corrected chi connectivity index (χ1v) is 4.29. The monoisotopic (exact) mass is 200 g/mol. The van der Waals surface area contributed by atoms with E-state index in [1.165, 1.54) is 0 Å². The topological polar surface area (TPSA) is 0 Å². The molecule has 1 aromatic heterocycles. The number of halogens is 2. The predicted molar refractivity (Wildman–Crippen MR) is 33.4 cm³/mol. The standard InChI is InChI=1S/C4H2Cl2Se/c5-3-1-4(6)7-2-3/h1-2H. The van der Waals surface area contributed by atoms with Gasteiger partial charge in [-0.3, -0.25) is 0 Å². The summed E-state index contributed by atoms with van der Waals surface area (Å²) in [7, 11) is 0. The first kappa shape index (κ1) is 5.71. The molecule has 0 bridgehead atoms. The zero-order valence-electron chi connectivity index (χ0n) is 3.32. The molecule has 0 saturated heterocycles. The van der Waals surface area contributed by atoms with Crippen molar-refractivity contribution >= 4 is 37.7 Å². The van der Waals surface area contributed by atoms with Crippen LogP contribution in [0, 0.1) is 0 Å². The van der Waals surface area contributed by atoms with Crippen molar-refractivity contribution < 1.29 is 0 Å². The summed E-state index contributed by atoms with van der Waals surface area (Å²) < 4.78 is 0.887. The molecule has 3 heteroatoms. The Hall–Kier alpha value is 0.579. The van der Waals surface area contributed by atoms with E-state index >= 15 is 0 Å². The maximum absolute atomic E-state index is 5.56. The Bertz CT molecular complexity index is 142. The van der Waals surface area contributed by atoms with Gasteiger partial charge >= 0.3 is 57.6 Å². The van der Waals surface area contributed by atoms with Crippen LogP contribution < -0.4 is 0 Å².